The van der Waals surface area contributed by atoms with E-state index in [0.29, 0.717) is 11.7 Å². The number of tetrazole rings is 1. The van der Waals surface area contributed by atoms with Crippen LogP contribution in [0.4, 0.5) is 0 Å². The average molecular weight is 371 g/mol. The maximum absolute atomic E-state index is 13.1. The number of rotatable bonds is 6. The zero-order valence-electron chi connectivity index (χ0n) is 14.8. The highest BCUT2D eigenvalue weighted by Crippen LogP contribution is 2.29. The number of fused-ring (bicyclic) bond motifs is 1. The Kier molecular flexibility index (Phi) is 4.78. The number of aromatic nitrogens is 5. The Balaban J connectivity index is 1.53. The number of para-hydroxylation sites is 1. The maximum Gasteiger partial charge on any atom is 0.210 e. The molecule has 0 unspecified atom stereocenters. The minimum absolute atomic E-state index is 0.0802. The summed E-state index contributed by atoms with van der Waals surface area (Å²) in [5.74, 6) is 0.0802. The summed E-state index contributed by atoms with van der Waals surface area (Å²) in [6, 6.07) is 7.88. The van der Waals surface area contributed by atoms with Crippen LogP contribution in [0.2, 0.25) is 0 Å². The molecule has 1 N–H and O–H groups in total. The number of Topliss-reactive ketones (excluding diaryl/α,β-unsaturated/α-hetero) is 1. The van der Waals surface area contributed by atoms with Crippen molar-refractivity contribution in [3.8, 4) is 0 Å². The number of nitrogens with one attached hydrogen (secondary N) is 1. The molecule has 0 amide bonds. The molecule has 26 heavy (non-hydrogen) atoms. The maximum atomic E-state index is 13.1. The zero-order chi connectivity index (χ0) is 18.1. The molecule has 0 bridgehead atoms. The second-order valence-electron chi connectivity index (χ2n) is 6.57. The highest BCUT2D eigenvalue weighted by atomic mass is 32.2. The third-order valence-corrected chi connectivity index (χ3v) is 5.76. The van der Waals surface area contributed by atoms with Crippen LogP contribution in [0.5, 0.6) is 0 Å². The van der Waals surface area contributed by atoms with Gasteiger partial charge in [0.15, 0.2) is 5.78 Å². The molecule has 136 valence electrons. The number of ketones is 1. The molecule has 0 radical (unpaired) electrons. The van der Waals surface area contributed by atoms with E-state index >= 15 is 0 Å². The first-order valence-corrected chi connectivity index (χ1v) is 9.67. The van der Waals surface area contributed by atoms with Crippen molar-refractivity contribution in [2.45, 2.75) is 49.7 Å². The van der Waals surface area contributed by atoms with Gasteiger partial charge in [-0.15, -0.1) is 5.10 Å². The molecule has 2 atom stereocenters. The van der Waals surface area contributed by atoms with Crippen LogP contribution in [0.3, 0.4) is 0 Å². The number of hydrogen-bond acceptors (Lipinski definition) is 6. The topological polar surface area (TPSA) is 85.7 Å². The molecule has 1 fully saturated rings. The number of hydrogen-bond donors (Lipinski definition) is 1. The van der Waals surface area contributed by atoms with Gasteiger partial charge in [-0.1, -0.05) is 30.0 Å². The summed E-state index contributed by atoms with van der Waals surface area (Å²) in [6.07, 6.45) is 2.25. The molecule has 2 aromatic heterocycles. The Hall–Kier alpha value is -2.19. The van der Waals surface area contributed by atoms with Gasteiger partial charge in [0.1, 0.15) is 0 Å². The van der Waals surface area contributed by atoms with Gasteiger partial charge in [0.25, 0.3) is 0 Å². The lowest BCUT2D eigenvalue weighted by Crippen LogP contribution is -2.19. The monoisotopic (exact) mass is 371 g/mol. The second-order valence-corrected chi connectivity index (χ2v) is 7.88. The Morgan fingerprint density at radius 3 is 3.12 bits per heavy atom. The van der Waals surface area contributed by atoms with Gasteiger partial charge in [0, 0.05) is 28.8 Å². The van der Waals surface area contributed by atoms with Gasteiger partial charge >= 0.3 is 0 Å². The van der Waals surface area contributed by atoms with Crippen LogP contribution >= 0.6 is 11.8 Å². The van der Waals surface area contributed by atoms with Gasteiger partial charge in [-0.25, -0.2) is 4.68 Å². The SMILES string of the molecule is Cc1[nH]c2ccccc2c1C(=O)[C@H](C)Sc1nnnn1C[C@H]1CCCO1. The van der Waals surface area contributed by atoms with Crippen LogP contribution in [0, 0.1) is 6.92 Å². The third kappa shape index (κ3) is 3.26. The number of H-pyrrole nitrogens is 1. The van der Waals surface area contributed by atoms with E-state index in [0.717, 1.165) is 41.6 Å². The molecule has 7 nitrogen and oxygen atoms in total. The molecule has 3 heterocycles. The van der Waals surface area contributed by atoms with Crippen LogP contribution in [0.25, 0.3) is 10.9 Å². The van der Waals surface area contributed by atoms with Gasteiger partial charge < -0.3 is 9.72 Å². The summed E-state index contributed by atoms with van der Waals surface area (Å²) >= 11 is 1.39. The van der Waals surface area contributed by atoms with Crippen molar-refractivity contribution >= 4 is 28.4 Å². The van der Waals surface area contributed by atoms with Crippen molar-refractivity contribution in [2.75, 3.05) is 6.61 Å². The number of ether oxygens (including phenoxy) is 1. The molecule has 1 saturated heterocycles. The van der Waals surface area contributed by atoms with E-state index in [-0.39, 0.29) is 17.1 Å². The first-order valence-electron chi connectivity index (χ1n) is 8.79. The van der Waals surface area contributed by atoms with E-state index in [9.17, 15) is 4.79 Å². The minimum Gasteiger partial charge on any atom is -0.376 e. The molecule has 1 aliphatic rings. The van der Waals surface area contributed by atoms with Crippen LogP contribution in [0.15, 0.2) is 29.4 Å². The van der Waals surface area contributed by atoms with Gasteiger partial charge in [0.05, 0.1) is 17.9 Å². The smallest absolute Gasteiger partial charge is 0.210 e. The van der Waals surface area contributed by atoms with Gasteiger partial charge in [0.2, 0.25) is 5.16 Å². The number of nitrogens with zero attached hydrogens (tertiary/aromatic N) is 4. The number of carbonyl (C=O) groups excluding carboxylic acids is 1. The van der Waals surface area contributed by atoms with Crippen molar-refractivity contribution in [3.05, 3.63) is 35.5 Å². The summed E-state index contributed by atoms with van der Waals surface area (Å²) in [7, 11) is 0. The van der Waals surface area contributed by atoms with Crippen molar-refractivity contribution in [3.63, 3.8) is 0 Å². The molecule has 3 aromatic rings. The molecule has 0 spiro atoms. The lowest BCUT2D eigenvalue weighted by molar-refractivity contribution is 0.0911. The van der Waals surface area contributed by atoms with E-state index in [2.05, 4.69) is 20.5 Å². The van der Waals surface area contributed by atoms with Gasteiger partial charge in [-0.3, -0.25) is 4.79 Å². The molecule has 1 aliphatic heterocycles. The van der Waals surface area contributed by atoms with E-state index in [1.54, 1.807) is 4.68 Å². The summed E-state index contributed by atoms with van der Waals surface area (Å²) in [4.78, 5) is 16.4. The lowest BCUT2D eigenvalue weighted by atomic mass is 10.1. The highest BCUT2D eigenvalue weighted by Gasteiger charge is 2.25. The predicted molar refractivity (Wildman–Crippen MR) is 99.5 cm³/mol. The van der Waals surface area contributed by atoms with E-state index in [4.69, 9.17) is 4.74 Å². The first kappa shape index (κ1) is 17.2. The fraction of sp³-hybridized carbons (Fsp3) is 0.444. The number of benzene rings is 1. The third-order valence-electron chi connectivity index (χ3n) is 4.69. The highest BCUT2D eigenvalue weighted by molar-refractivity contribution is 8.00. The quantitative estimate of drug-likeness (QED) is 0.529. The fourth-order valence-electron chi connectivity index (χ4n) is 3.39. The Bertz CT molecular complexity index is 929. The lowest BCUT2D eigenvalue weighted by Gasteiger charge is -2.12. The largest absolute Gasteiger partial charge is 0.376 e. The predicted octanol–water partition coefficient (Wildman–Crippen LogP) is 3.01. The first-order chi connectivity index (χ1) is 12.6. The number of thioether (sulfide) groups is 1. The summed E-state index contributed by atoms with van der Waals surface area (Å²) in [6.45, 7) is 5.26. The Morgan fingerprint density at radius 1 is 1.46 bits per heavy atom. The van der Waals surface area contributed by atoms with E-state index in [1.165, 1.54) is 11.8 Å². The zero-order valence-corrected chi connectivity index (χ0v) is 15.6. The number of carbonyl (C=O) groups is 1. The molecule has 1 aromatic carbocycles. The van der Waals surface area contributed by atoms with Crippen molar-refractivity contribution in [1.82, 2.24) is 25.2 Å². The summed E-state index contributed by atoms with van der Waals surface area (Å²) in [5, 5.41) is 13.3. The number of aromatic amines is 1. The Labute approximate surface area is 155 Å². The van der Waals surface area contributed by atoms with Gasteiger partial charge in [-0.05, 0) is 43.2 Å². The van der Waals surface area contributed by atoms with Crippen molar-refractivity contribution in [1.29, 1.82) is 0 Å². The normalized spacial score (nSPS) is 18.5. The van der Waals surface area contributed by atoms with Crippen molar-refractivity contribution < 1.29 is 9.53 Å². The van der Waals surface area contributed by atoms with Crippen LogP contribution in [0.1, 0.15) is 35.8 Å². The van der Waals surface area contributed by atoms with E-state index < -0.39 is 0 Å². The van der Waals surface area contributed by atoms with Gasteiger partial charge in [-0.2, -0.15) is 0 Å². The average Bonchev–Trinajstić information content (AvgIpc) is 3.35. The standard InChI is InChI=1S/C18H21N5O2S/c1-11-16(14-7-3-4-8-15(14)19-11)17(24)12(2)26-18-20-21-22-23(18)10-13-6-5-9-25-13/h3-4,7-8,12-13,19H,5-6,9-10H2,1-2H3/t12-,13+/m0/s1. The van der Waals surface area contributed by atoms with Crippen LogP contribution in [-0.4, -0.2) is 48.9 Å². The number of aryl methyl sites for hydroxylation is 1. The summed E-state index contributed by atoms with van der Waals surface area (Å²) < 4.78 is 7.40. The molecule has 8 heteroatoms. The van der Waals surface area contributed by atoms with Crippen molar-refractivity contribution in [2.24, 2.45) is 0 Å². The summed E-state index contributed by atoms with van der Waals surface area (Å²) in [5.41, 5.74) is 2.62. The fourth-order valence-corrected chi connectivity index (χ4v) is 4.24. The van der Waals surface area contributed by atoms with E-state index in [1.807, 2.05) is 38.1 Å². The molecular weight excluding hydrogens is 350 g/mol. The minimum atomic E-state index is -0.290. The molecule has 0 saturated carbocycles. The van der Waals surface area contributed by atoms with Crippen LogP contribution in [-0.2, 0) is 11.3 Å². The molecular formula is C18H21N5O2S. The Morgan fingerprint density at radius 2 is 2.31 bits per heavy atom. The molecule has 4 rings (SSSR count). The molecule has 0 aliphatic carbocycles. The van der Waals surface area contributed by atoms with Crippen LogP contribution < -0.4 is 0 Å². The second kappa shape index (κ2) is 7.20.